The first-order valence-corrected chi connectivity index (χ1v) is 7.16. The molecule has 0 bridgehead atoms. The monoisotopic (exact) mass is 305 g/mol. The summed E-state index contributed by atoms with van der Waals surface area (Å²) in [5.74, 6) is -1.79. The van der Waals surface area contributed by atoms with E-state index in [-0.39, 0.29) is 11.8 Å². The van der Waals surface area contributed by atoms with Crippen LogP contribution >= 0.6 is 0 Å². The molecule has 0 radical (unpaired) electrons. The average molecular weight is 305 g/mol. The average Bonchev–Trinajstić information content (AvgIpc) is 2.47. The van der Waals surface area contributed by atoms with E-state index in [1.807, 2.05) is 0 Å². The van der Waals surface area contributed by atoms with Gasteiger partial charge in [0.05, 0.1) is 5.92 Å². The fourth-order valence-electron chi connectivity index (χ4n) is 2.71. The van der Waals surface area contributed by atoms with Gasteiger partial charge in [-0.1, -0.05) is 12.5 Å². The Morgan fingerprint density at radius 2 is 1.73 bits per heavy atom. The number of carbonyl (C=O) groups excluding carboxylic acids is 2. The van der Waals surface area contributed by atoms with Gasteiger partial charge >= 0.3 is 12.0 Å². The van der Waals surface area contributed by atoms with E-state index in [1.54, 1.807) is 24.3 Å². The number of amides is 3. The standard InChI is InChI=1S/C15H19N3O4/c16-15(22)18-12-6-2-5-11(8-12)17-13(19)9-3-1-4-10(7-9)14(20)21/h2,5-6,8-10H,1,3-4,7H2,(H,17,19)(H,20,21)(H3,16,18,22). The van der Waals surface area contributed by atoms with Gasteiger partial charge in [0.1, 0.15) is 0 Å². The van der Waals surface area contributed by atoms with Crippen LogP contribution in [0.1, 0.15) is 25.7 Å². The van der Waals surface area contributed by atoms with E-state index in [9.17, 15) is 14.4 Å². The van der Waals surface area contributed by atoms with Gasteiger partial charge in [-0.05, 0) is 37.5 Å². The number of carboxylic acid groups (broad SMARTS) is 1. The third kappa shape index (κ3) is 4.21. The van der Waals surface area contributed by atoms with Crippen LogP contribution in [0.4, 0.5) is 16.2 Å². The molecule has 1 fully saturated rings. The zero-order valence-corrected chi connectivity index (χ0v) is 12.0. The second-order valence-electron chi connectivity index (χ2n) is 5.46. The number of benzene rings is 1. The van der Waals surface area contributed by atoms with Crippen LogP contribution in [0, 0.1) is 11.8 Å². The lowest BCUT2D eigenvalue weighted by Crippen LogP contribution is -2.31. The van der Waals surface area contributed by atoms with Gasteiger partial charge < -0.3 is 21.5 Å². The predicted octanol–water partition coefficient (Wildman–Crippen LogP) is 2.01. The number of anilines is 2. The Labute approximate surface area is 127 Å². The minimum absolute atomic E-state index is 0.192. The molecule has 118 valence electrons. The molecule has 0 aliphatic heterocycles. The van der Waals surface area contributed by atoms with E-state index >= 15 is 0 Å². The molecular formula is C15H19N3O4. The number of carbonyl (C=O) groups is 3. The van der Waals surface area contributed by atoms with Crippen molar-refractivity contribution in [2.24, 2.45) is 17.6 Å². The number of hydrogen-bond donors (Lipinski definition) is 4. The lowest BCUT2D eigenvalue weighted by Gasteiger charge is -2.25. The van der Waals surface area contributed by atoms with Gasteiger partial charge in [0.2, 0.25) is 5.91 Å². The minimum atomic E-state index is -0.842. The first kappa shape index (κ1) is 15.8. The normalized spacial score (nSPS) is 20.9. The molecular weight excluding hydrogens is 286 g/mol. The van der Waals surface area contributed by atoms with Crippen molar-refractivity contribution in [3.05, 3.63) is 24.3 Å². The largest absolute Gasteiger partial charge is 0.481 e. The Kier molecular flexibility index (Phi) is 4.98. The number of primary amides is 1. The van der Waals surface area contributed by atoms with E-state index in [2.05, 4.69) is 10.6 Å². The Morgan fingerprint density at radius 1 is 1.09 bits per heavy atom. The first-order valence-electron chi connectivity index (χ1n) is 7.16. The molecule has 7 heteroatoms. The van der Waals surface area contributed by atoms with E-state index < -0.39 is 17.9 Å². The lowest BCUT2D eigenvalue weighted by atomic mass is 9.81. The van der Waals surface area contributed by atoms with Crippen LogP contribution in [-0.4, -0.2) is 23.0 Å². The summed E-state index contributed by atoms with van der Waals surface area (Å²) in [6.45, 7) is 0. The minimum Gasteiger partial charge on any atom is -0.481 e. The van der Waals surface area contributed by atoms with Crippen molar-refractivity contribution >= 4 is 29.3 Å². The number of aliphatic carboxylic acids is 1. The molecule has 2 atom stereocenters. The molecule has 1 aromatic carbocycles. The molecule has 0 aromatic heterocycles. The third-order valence-corrected chi connectivity index (χ3v) is 3.79. The van der Waals surface area contributed by atoms with Crippen LogP contribution in [0.3, 0.4) is 0 Å². The lowest BCUT2D eigenvalue weighted by molar-refractivity contribution is -0.143. The van der Waals surface area contributed by atoms with Gasteiger partial charge in [-0.15, -0.1) is 0 Å². The van der Waals surface area contributed by atoms with Crippen LogP contribution in [-0.2, 0) is 9.59 Å². The highest BCUT2D eigenvalue weighted by Gasteiger charge is 2.31. The third-order valence-electron chi connectivity index (χ3n) is 3.79. The molecule has 5 N–H and O–H groups in total. The Hall–Kier alpha value is -2.57. The highest BCUT2D eigenvalue weighted by Crippen LogP contribution is 2.30. The maximum atomic E-state index is 12.3. The summed E-state index contributed by atoms with van der Waals surface area (Å²) < 4.78 is 0. The van der Waals surface area contributed by atoms with E-state index in [0.29, 0.717) is 30.6 Å². The van der Waals surface area contributed by atoms with Crippen molar-refractivity contribution in [3.8, 4) is 0 Å². The molecule has 2 rings (SSSR count). The number of urea groups is 1. The number of nitrogens with one attached hydrogen (secondary N) is 2. The Bertz CT molecular complexity index is 588. The van der Waals surface area contributed by atoms with Gasteiger partial charge in [-0.2, -0.15) is 0 Å². The molecule has 2 unspecified atom stereocenters. The summed E-state index contributed by atoms with van der Waals surface area (Å²) in [4.78, 5) is 34.1. The zero-order valence-electron chi connectivity index (χ0n) is 12.0. The van der Waals surface area contributed by atoms with Crippen LogP contribution in [0.5, 0.6) is 0 Å². The van der Waals surface area contributed by atoms with Gasteiger partial charge in [0, 0.05) is 17.3 Å². The maximum absolute atomic E-state index is 12.3. The van der Waals surface area contributed by atoms with Crippen LogP contribution in [0.15, 0.2) is 24.3 Å². The molecule has 0 heterocycles. The molecule has 1 aliphatic carbocycles. The van der Waals surface area contributed by atoms with Crippen LogP contribution in [0.25, 0.3) is 0 Å². The predicted molar refractivity (Wildman–Crippen MR) is 81.4 cm³/mol. The molecule has 0 saturated heterocycles. The molecule has 22 heavy (non-hydrogen) atoms. The molecule has 1 saturated carbocycles. The van der Waals surface area contributed by atoms with Crippen molar-refractivity contribution in [1.29, 1.82) is 0 Å². The number of carboxylic acids is 1. The van der Waals surface area contributed by atoms with E-state index in [0.717, 1.165) is 6.42 Å². The smallest absolute Gasteiger partial charge is 0.316 e. The van der Waals surface area contributed by atoms with E-state index in [4.69, 9.17) is 10.8 Å². The van der Waals surface area contributed by atoms with Crippen LogP contribution < -0.4 is 16.4 Å². The second kappa shape index (κ2) is 6.93. The summed E-state index contributed by atoms with van der Waals surface area (Å²) in [5, 5.41) is 14.3. The highest BCUT2D eigenvalue weighted by atomic mass is 16.4. The summed E-state index contributed by atoms with van der Waals surface area (Å²) >= 11 is 0. The highest BCUT2D eigenvalue weighted by molar-refractivity contribution is 5.94. The van der Waals surface area contributed by atoms with Gasteiger partial charge in [0.15, 0.2) is 0 Å². The quantitative estimate of drug-likeness (QED) is 0.679. The topological polar surface area (TPSA) is 122 Å². The Balaban J connectivity index is 1.99. The SMILES string of the molecule is NC(=O)Nc1cccc(NC(=O)C2CCCC(C(=O)O)C2)c1. The van der Waals surface area contributed by atoms with Crippen molar-refractivity contribution in [2.45, 2.75) is 25.7 Å². The molecule has 1 aliphatic rings. The fraction of sp³-hybridized carbons (Fsp3) is 0.400. The van der Waals surface area contributed by atoms with Crippen molar-refractivity contribution < 1.29 is 19.5 Å². The van der Waals surface area contributed by atoms with Gasteiger partial charge in [0.25, 0.3) is 0 Å². The summed E-state index contributed by atoms with van der Waals surface area (Å²) in [6.07, 6.45) is 2.41. The summed E-state index contributed by atoms with van der Waals surface area (Å²) in [6, 6.07) is 5.95. The molecule has 7 nitrogen and oxygen atoms in total. The van der Waals surface area contributed by atoms with E-state index in [1.165, 1.54) is 0 Å². The van der Waals surface area contributed by atoms with Crippen molar-refractivity contribution in [2.75, 3.05) is 10.6 Å². The van der Waals surface area contributed by atoms with Gasteiger partial charge in [-0.3, -0.25) is 9.59 Å². The summed E-state index contributed by atoms with van der Waals surface area (Å²) in [7, 11) is 0. The number of hydrogen-bond acceptors (Lipinski definition) is 3. The van der Waals surface area contributed by atoms with Crippen molar-refractivity contribution in [3.63, 3.8) is 0 Å². The maximum Gasteiger partial charge on any atom is 0.316 e. The fourth-order valence-corrected chi connectivity index (χ4v) is 2.71. The second-order valence-corrected chi connectivity index (χ2v) is 5.46. The first-order chi connectivity index (χ1) is 10.5. The number of nitrogens with two attached hydrogens (primary N) is 1. The van der Waals surface area contributed by atoms with Gasteiger partial charge in [-0.25, -0.2) is 4.79 Å². The molecule has 1 aromatic rings. The number of rotatable bonds is 4. The van der Waals surface area contributed by atoms with Crippen molar-refractivity contribution in [1.82, 2.24) is 0 Å². The van der Waals surface area contributed by atoms with Crippen LogP contribution in [0.2, 0.25) is 0 Å². The summed E-state index contributed by atoms with van der Waals surface area (Å²) in [5.41, 5.74) is 6.06. The Morgan fingerprint density at radius 3 is 2.36 bits per heavy atom. The molecule has 0 spiro atoms. The molecule has 3 amide bonds. The zero-order chi connectivity index (χ0) is 16.1.